The molecular weight excluding hydrogens is 301 g/mol. The number of halogens is 2. The van der Waals surface area contributed by atoms with E-state index >= 15 is 0 Å². The van der Waals surface area contributed by atoms with E-state index in [0.29, 0.717) is 12.0 Å². The molecule has 18 heavy (non-hydrogen) atoms. The molecule has 0 fully saturated rings. The van der Waals surface area contributed by atoms with Crippen molar-refractivity contribution in [2.75, 3.05) is 0 Å². The van der Waals surface area contributed by atoms with E-state index in [1.54, 1.807) is 0 Å². The van der Waals surface area contributed by atoms with Crippen LogP contribution < -0.4 is 0 Å². The molecule has 0 N–H and O–H groups in total. The summed E-state index contributed by atoms with van der Waals surface area (Å²) < 4.78 is 13.1. The van der Waals surface area contributed by atoms with Gasteiger partial charge >= 0.3 is 0 Å². The van der Waals surface area contributed by atoms with Crippen molar-refractivity contribution in [3.63, 3.8) is 0 Å². The molecule has 0 heterocycles. The van der Waals surface area contributed by atoms with Crippen LogP contribution in [-0.4, -0.2) is 9.75 Å². The second-order valence-corrected chi connectivity index (χ2v) is 6.51. The Morgan fingerprint density at radius 1 is 1.44 bits per heavy atom. The Morgan fingerprint density at radius 2 is 2.06 bits per heavy atom. The number of hydrogen-bond acceptors (Lipinski definition) is 2. The largest absolute Gasteiger partial charge is 0.272 e. The summed E-state index contributed by atoms with van der Waals surface area (Å²) in [5.74, 6) is -0.433. The van der Waals surface area contributed by atoms with Crippen molar-refractivity contribution >= 4 is 21.6 Å². The van der Waals surface area contributed by atoms with Gasteiger partial charge in [-0.2, -0.15) is 0 Å². The van der Waals surface area contributed by atoms with Crippen LogP contribution in [0.25, 0.3) is 0 Å². The highest BCUT2D eigenvalue weighted by Gasteiger charge is 2.23. The fraction of sp³-hybridized carbons (Fsp3) is 0.538. The Balaban J connectivity index is 2.84. The molecule has 1 unspecified atom stereocenters. The van der Waals surface area contributed by atoms with E-state index in [-0.39, 0.29) is 15.9 Å². The molecule has 0 saturated heterocycles. The molecule has 0 aromatic heterocycles. The van der Waals surface area contributed by atoms with Crippen LogP contribution in [0.2, 0.25) is 0 Å². The van der Waals surface area contributed by atoms with Gasteiger partial charge in [-0.1, -0.05) is 36.7 Å². The van der Waals surface area contributed by atoms with Gasteiger partial charge in [0.05, 0.1) is 4.92 Å². The third-order valence-electron chi connectivity index (χ3n) is 2.85. The number of rotatable bonds is 4. The minimum Gasteiger partial charge on any atom is -0.258 e. The maximum absolute atomic E-state index is 13.1. The number of alkyl halides is 1. The topological polar surface area (TPSA) is 43.1 Å². The summed E-state index contributed by atoms with van der Waals surface area (Å²) in [6, 6.07) is 3.60. The van der Waals surface area contributed by atoms with E-state index in [4.69, 9.17) is 0 Å². The number of aryl methyl sites for hydroxylation is 1. The molecule has 0 radical (unpaired) electrons. The van der Waals surface area contributed by atoms with Gasteiger partial charge < -0.3 is 0 Å². The van der Waals surface area contributed by atoms with E-state index in [0.717, 1.165) is 12.5 Å². The number of nitro groups is 1. The molecule has 3 nitrogen and oxygen atoms in total. The third-order valence-corrected chi connectivity index (χ3v) is 4.68. The highest BCUT2D eigenvalue weighted by molar-refractivity contribution is 9.09. The molecule has 1 atom stereocenters. The average molecular weight is 318 g/mol. The van der Waals surface area contributed by atoms with Crippen LogP contribution in [0.5, 0.6) is 0 Å². The molecule has 100 valence electrons. The van der Waals surface area contributed by atoms with Crippen molar-refractivity contribution in [3.8, 4) is 0 Å². The Kier molecular flexibility index (Phi) is 4.85. The summed E-state index contributed by atoms with van der Waals surface area (Å²) in [5, 5.41) is 10.8. The average Bonchev–Trinajstić information content (AvgIpc) is 2.24. The van der Waals surface area contributed by atoms with Gasteiger partial charge in [0.15, 0.2) is 0 Å². The number of hydrogen-bond donors (Lipinski definition) is 0. The van der Waals surface area contributed by atoms with Crippen molar-refractivity contribution in [2.24, 2.45) is 5.41 Å². The quantitative estimate of drug-likeness (QED) is 0.467. The molecule has 0 aliphatic heterocycles. The second kappa shape index (κ2) is 5.78. The van der Waals surface area contributed by atoms with Crippen LogP contribution in [0, 0.1) is 21.3 Å². The van der Waals surface area contributed by atoms with Gasteiger partial charge in [0.25, 0.3) is 5.69 Å². The highest BCUT2D eigenvalue weighted by atomic mass is 79.9. The van der Waals surface area contributed by atoms with E-state index in [9.17, 15) is 14.5 Å². The van der Waals surface area contributed by atoms with Gasteiger partial charge in [0, 0.05) is 16.5 Å². The van der Waals surface area contributed by atoms with Gasteiger partial charge in [-0.05, 0) is 30.4 Å². The summed E-state index contributed by atoms with van der Waals surface area (Å²) in [6.07, 6.45) is 1.22. The highest BCUT2D eigenvalue weighted by Crippen LogP contribution is 2.31. The first-order chi connectivity index (χ1) is 8.21. The SMILES string of the molecule is CC(C)(C)C(Br)CCc1cc(F)ccc1[N+](=O)[O-]. The molecule has 0 spiro atoms. The zero-order valence-electron chi connectivity index (χ0n) is 10.7. The molecule has 5 heteroatoms. The lowest BCUT2D eigenvalue weighted by Crippen LogP contribution is -2.20. The maximum Gasteiger partial charge on any atom is 0.272 e. The lowest BCUT2D eigenvalue weighted by molar-refractivity contribution is -0.385. The molecule has 1 rings (SSSR count). The molecular formula is C13H17BrFNO2. The van der Waals surface area contributed by atoms with Gasteiger partial charge in [0.2, 0.25) is 0 Å². The van der Waals surface area contributed by atoms with Crippen LogP contribution >= 0.6 is 15.9 Å². The number of nitro benzene ring substituents is 1. The zero-order valence-corrected chi connectivity index (χ0v) is 12.3. The van der Waals surface area contributed by atoms with Gasteiger partial charge in [0.1, 0.15) is 5.82 Å². The minimum atomic E-state index is -0.463. The molecule has 1 aromatic carbocycles. The first kappa shape index (κ1) is 15.1. The molecule has 0 amide bonds. The molecule has 0 aliphatic carbocycles. The number of benzene rings is 1. The summed E-state index contributed by atoms with van der Waals surface area (Å²) >= 11 is 3.57. The first-order valence-corrected chi connectivity index (χ1v) is 6.70. The Bertz CT molecular complexity index is 443. The Labute approximate surface area is 115 Å². The molecule has 0 bridgehead atoms. The molecule has 0 aliphatic rings. The van der Waals surface area contributed by atoms with Crippen molar-refractivity contribution in [1.29, 1.82) is 0 Å². The van der Waals surface area contributed by atoms with E-state index < -0.39 is 10.7 Å². The zero-order chi connectivity index (χ0) is 13.9. The number of nitrogens with zero attached hydrogens (tertiary/aromatic N) is 1. The lowest BCUT2D eigenvalue weighted by atomic mass is 9.88. The monoisotopic (exact) mass is 317 g/mol. The summed E-state index contributed by atoms with van der Waals surface area (Å²) in [4.78, 5) is 10.6. The first-order valence-electron chi connectivity index (χ1n) is 5.78. The maximum atomic E-state index is 13.1. The van der Waals surface area contributed by atoms with Crippen LogP contribution in [0.1, 0.15) is 32.8 Å². The van der Waals surface area contributed by atoms with Gasteiger partial charge in [-0.15, -0.1) is 0 Å². The standard InChI is InChI=1S/C13H17BrFNO2/c1-13(2,3)12(14)7-4-9-8-10(15)5-6-11(9)16(17)18/h5-6,8,12H,4,7H2,1-3H3. The van der Waals surface area contributed by atoms with Crippen LogP contribution in [0.4, 0.5) is 10.1 Å². The van der Waals surface area contributed by atoms with E-state index in [2.05, 4.69) is 36.7 Å². The lowest BCUT2D eigenvalue weighted by Gasteiger charge is -2.25. The van der Waals surface area contributed by atoms with Crippen molar-refractivity contribution < 1.29 is 9.31 Å². The fourth-order valence-electron chi connectivity index (χ4n) is 1.65. The third kappa shape index (κ3) is 4.05. The van der Waals surface area contributed by atoms with Crippen LogP contribution in [-0.2, 0) is 6.42 Å². The predicted molar refractivity (Wildman–Crippen MR) is 73.5 cm³/mol. The Morgan fingerprint density at radius 3 is 2.56 bits per heavy atom. The van der Waals surface area contributed by atoms with Gasteiger partial charge in [-0.3, -0.25) is 10.1 Å². The molecule has 0 saturated carbocycles. The van der Waals surface area contributed by atoms with Gasteiger partial charge in [-0.25, -0.2) is 4.39 Å². The van der Waals surface area contributed by atoms with Crippen LogP contribution in [0.15, 0.2) is 18.2 Å². The van der Waals surface area contributed by atoms with Crippen LogP contribution in [0.3, 0.4) is 0 Å². The minimum absolute atomic E-state index is 0.00925. The summed E-state index contributed by atoms with van der Waals surface area (Å²) in [7, 11) is 0. The van der Waals surface area contributed by atoms with E-state index in [1.807, 2.05) is 0 Å². The van der Waals surface area contributed by atoms with Crippen molar-refractivity contribution in [3.05, 3.63) is 39.7 Å². The second-order valence-electron chi connectivity index (χ2n) is 5.40. The Hall–Kier alpha value is -0.970. The fourth-order valence-corrected chi connectivity index (χ4v) is 1.88. The van der Waals surface area contributed by atoms with Crippen molar-refractivity contribution in [1.82, 2.24) is 0 Å². The smallest absolute Gasteiger partial charge is 0.258 e. The summed E-state index contributed by atoms with van der Waals surface area (Å²) in [6.45, 7) is 6.27. The normalized spacial score (nSPS) is 13.4. The molecule has 1 aromatic rings. The summed E-state index contributed by atoms with van der Waals surface area (Å²) in [5.41, 5.74) is 0.515. The van der Waals surface area contributed by atoms with Crippen molar-refractivity contribution in [2.45, 2.75) is 38.4 Å². The predicted octanol–water partition coefficient (Wildman–Crippen LogP) is 4.48. The van der Waals surface area contributed by atoms with E-state index in [1.165, 1.54) is 12.1 Å².